The van der Waals surface area contributed by atoms with Gasteiger partial charge in [-0.1, -0.05) is 43.0 Å². The third kappa shape index (κ3) is 10.4. The second kappa shape index (κ2) is 16.4. The summed E-state index contributed by atoms with van der Waals surface area (Å²) in [4.78, 5) is 51.7. The van der Waals surface area contributed by atoms with E-state index in [0.29, 0.717) is 35.8 Å². The van der Waals surface area contributed by atoms with Crippen LogP contribution in [0.25, 0.3) is 0 Å². The van der Waals surface area contributed by atoms with Crippen molar-refractivity contribution in [3.8, 4) is 17.6 Å². The van der Waals surface area contributed by atoms with E-state index in [1.54, 1.807) is 30.0 Å². The molecule has 0 fully saturated rings. The van der Waals surface area contributed by atoms with Crippen molar-refractivity contribution in [1.82, 2.24) is 15.1 Å². The third-order valence-corrected chi connectivity index (χ3v) is 6.31. The number of anilines is 2. The van der Waals surface area contributed by atoms with Gasteiger partial charge in [-0.25, -0.2) is 9.59 Å². The summed E-state index contributed by atoms with van der Waals surface area (Å²) in [5.41, 5.74) is 2.82. The minimum atomic E-state index is -0.982. The summed E-state index contributed by atoms with van der Waals surface area (Å²) >= 11 is 0. The van der Waals surface area contributed by atoms with Crippen molar-refractivity contribution in [3.63, 3.8) is 0 Å². The smallest absolute Gasteiger partial charge is 0.323 e. The number of carbonyl (C=O) groups excluding carboxylic acids is 3. The molecular formula is C30H39N5O6. The van der Waals surface area contributed by atoms with E-state index in [-0.39, 0.29) is 32.0 Å². The maximum Gasteiger partial charge on any atom is 0.323 e. The number of amides is 5. The summed E-state index contributed by atoms with van der Waals surface area (Å²) in [5.74, 6) is 4.48. The fraction of sp³-hybridized carbons (Fsp3) is 0.400. The monoisotopic (exact) mass is 565 g/mol. The molecule has 0 heterocycles. The Balaban J connectivity index is 1.94. The Morgan fingerprint density at radius 2 is 1.59 bits per heavy atom. The molecule has 0 aliphatic rings. The van der Waals surface area contributed by atoms with E-state index < -0.39 is 23.9 Å². The fourth-order valence-electron chi connectivity index (χ4n) is 3.67. The Kier molecular flexibility index (Phi) is 13.0. The minimum Gasteiger partial charge on any atom is -0.495 e. The molecule has 5 amide bonds. The standard InChI is InChI=1S/C30H39N5O6/c1-6-34(16-10-11-17-35(7-2)30(40)31-20-22(4)28(37)38)27(36)19-23-14-15-25(26(18-23)41-5)33-29(39)32-24-13-9-8-12-21(24)3/h8-9,12-15,18,22H,6-7,16-17,19-20H2,1-5H3,(H,31,40)(H,37,38)(H2,32,33,39). The molecule has 2 aromatic carbocycles. The molecular weight excluding hydrogens is 526 g/mol. The molecule has 1 unspecified atom stereocenters. The number of aryl methyl sites for hydroxylation is 1. The Hall–Kier alpha value is -4.72. The third-order valence-electron chi connectivity index (χ3n) is 6.31. The number of urea groups is 2. The number of rotatable bonds is 12. The topological polar surface area (TPSA) is 140 Å². The SMILES string of the molecule is CCN(CC#CCN(CC)C(=O)NCC(C)C(=O)O)C(=O)Cc1ccc(NC(=O)Nc2ccccc2C)c(OC)c1. The average Bonchev–Trinajstić information content (AvgIpc) is 2.95. The molecule has 0 saturated heterocycles. The maximum atomic E-state index is 13.0. The van der Waals surface area contributed by atoms with Crippen LogP contribution < -0.4 is 20.7 Å². The minimum absolute atomic E-state index is 0.0264. The number of carboxylic acids is 1. The predicted octanol–water partition coefficient (Wildman–Crippen LogP) is 3.79. The van der Waals surface area contributed by atoms with Crippen LogP contribution in [-0.2, 0) is 16.0 Å². The first-order chi connectivity index (χ1) is 19.6. The van der Waals surface area contributed by atoms with E-state index in [2.05, 4.69) is 27.8 Å². The van der Waals surface area contributed by atoms with Gasteiger partial charge in [-0.15, -0.1) is 0 Å². The Bertz CT molecular complexity index is 1290. The maximum absolute atomic E-state index is 13.0. The summed E-state index contributed by atoms with van der Waals surface area (Å²) in [7, 11) is 1.49. The molecule has 1 atom stereocenters. The van der Waals surface area contributed by atoms with Crippen molar-refractivity contribution in [1.29, 1.82) is 0 Å². The van der Waals surface area contributed by atoms with Gasteiger partial charge in [0, 0.05) is 25.3 Å². The van der Waals surface area contributed by atoms with E-state index >= 15 is 0 Å². The van der Waals surface area contributed by atoms with Crippen LogP contribution in [0.3, 0.4) is 0 Å². The molecule has 0 bridgehead atoms. The molecule has 11 heteroatoms. The zero-order valence-corrected chi connectivity index (χ0v) is 24.2. The van der Waals surface area contributed by atoms with Gasteiger partial charge in [0.1, 0.15) is 5.75 Å². The Labute approximate surface area is 241 Å². The molecule has 2 rings (SSSR count). The van der Waals surface area contributed by atoms with Crippen LogP contribution in [0.5, 0.6) is 5.75 Å². The number of benzene rings is 2. The fourth-order valence-corrected chi connectivity index (χ4v) is 3.67. The number of hydrogen-bond acceptors (Lipinski definition) is 5. The first-order valence-corrected chi connectivity index (χ1v) is 13.4. The molecule has 0 saturated carbocycles. The van der Waals surface area contributed by atoms with Crippen LogP contribution in [0.4, 0.5) is 21.0 Å². The van der Waals surface area contributed by atoms with Gasteiger partial charge in [0.25, 0.3) is 0 Å². The van der Waals surface area contributed by atoms with Gasteiger partial charge >= 0.3 is 18.0 Å². The zero-order valence-electron chi connectivity index (χ0n) is 24.2. The van der Waals surface area contributed by atoms with Gasteiger partial charge in [0.05, 0.1) is 38.2 Å². The lowest BCUT2D eigenvalue weighted by atomic mass is 10.1. The zero-order chi connectivity index (χ0) is 30.4. The van der Waals surface area contributed by atoms with E-state index in [4.69, 9.17) is 9.84 Å². The number of methoxy groups -OCH3 is 1. The van der Waals surface area contributed by atoms with Crippen molar-refractivity contribution in [2.45, 2.75) is 34.1 Å². The number of likely N-dealkylation sites (N-methyl/N-ethyl adjacent to an activating group) is 1. The summed E-state index contributed by atoms with van der Waals surface area (Å²) in [6, 6.07) is 11.8. The molecule has 11 nitrogen and oxygen atoms in total. The van der Waals surface area contributed by atoms with Gasteiger partial charge in [-0.3, -0.25) is 9.59 Å². The Morgan fingerprint density at radius 1 is 0.951 bits per heavy atom. The molecule has 2 aromatic rings. The highest BCUT2D eigenvalue weighted by atomic mass is 16.5. The Morgan fingerprint density at radius 3 is 2.20 bits per heavy atom. The number of nitrogens with zero attached hydrogens (tertiary/aromatic N) is 2. The summed E-state index contributed by atoms with van der Waals surface area (Å²) in [5, 5.41) is 17.1. The van der Waals surface area contributed by atoms with Crippen LogP contribution >= 0.6 is 0 Å². The van der Waals surface area contributed by atoms with Crippen LogP contribution in [0, 0.1) is 24.7 Å². The highest BCUT2D eigenvalue weighted by molar-refractivity contribution is 6.01. The van der Waals surface area contributed by atoms with Crippen molar-refractivity contribution in [2.75, 3.05) is 50.5 Å². The number of ether oxygens (including phenoxy) is 1. The van der Waals surface area contributed by atoms with Crippen LogP contribution in [0.15, 0.2) is 42.5 Å². The quantitative estimate of drug-likeness (QED) is 0.289. The average molecular weight is 566 g/mol. The highest BCUT2D eigenvalue weighted by Crippen LogP contribution is 2.26. The first-order valence-electron chi connectivity index (χ1n) is 13.4. The van der Waals surface area contributed by atoms with Gasteiger partial charge < -0.3 is 35.6 Å². The van der Waals surface area contributed by atoms with Crippen LogP contribution in [-0.4, -0.2) is 78.7 Å². The number of nitrogens with one attached hydrogen (secondary N) is 3. The summed E-state index contributed by atoms with van der Waals surface area (Å²) < 4.78 is 5.45. The molecule has 0 aromatic heterocycles. The van der Waals surface area contributed by atoms with Gasteiger partial charge in [-0.05, 0) is 50.1 Å². The highest BCUT2D eigenvalue weighted by Gasteiger charge is 2.16. The number of para-hydroxylation sites is 1. The van der Waals surface area contributed by atoms with Crippen molar-refractivity contribution < 1.29 is 29.0 Å². The number of hydrogen-bond donors (Lipinski definition) is 4. The normalized spacial score (nSPS) is 10.9. The molecule has 41 heavy (non-hydrogen) atoms. The number of carbonyl (C=O) groups is 4. The lowest BCUT2D eigenvalue weighted by molar-refractivity contribution is -0.140. The molecule has 0 spiro atoms. The largest absolute Gasteiger partial charge is 0.495 e. The van der Waals surface area contributed by atoms with Crippen molar-refractivity contribution in [3.05, 3.63) is 53.6 Å². The predicted molar refractivity (Wildman–Crippen MR) is 158 cm³/mol. The second-order valence-electron chi connectivity index (χ2n) is 9.31. The van der Waals surface area contributed by atoms with E-state index in [1.165, 1.54) is 18.9 Å². The molecule has 0 aliphatic carbocycles. The number of aliphatic carboxylic acids is 1. The lowest BCUT2D eigenvalue weighted by Gasteiger charge is -2.20. The number of carboxylic acid groups (broad SMARTS) is 1. The molecule has 220 valence electrons. The lowest BCUT2D eigenvalue weighted by Crippen LogP contribution is -2.42. The van der Waals surface area contributed by atoms with Gasteiger partial charge in [-0.2, -0.15) is 0 Å². The van der Waals surface area contributed by atoms with E-state index in [0.717, 1.165) is 5.56 Å². The molecule has 0 radical (unpaired) electrons. The van der Waals surface area contributed by atoms with E-state index in [9.17, 15) is 19.2 Å². The first kappa shape index (κ1) is 32.5. The molecule has 0 aliphatic heterocycles. The van der Waals surface area contributed by atoms with Gasteiger partial charge in [0.15, 0.2) is 0 Å². The van der Waals surface area contributed by atoms with Gasteiger partial charge in [0.2, 0.25) is 5.91 Å². The summed E-state index contributed by atoms with van der Waals surface area (Å²) in [6.07, 6.45) is 0.118. The van der Waals surface area contributed by atoms with Crippen molar-refractivity contribution in [2.24, 2.45) is 5.92 Å². The van der Waals surface area contributed by atoms with E-state index in [1.807, 2.05) is 38.1 Å². The second-order valence-corrected chi connectivity index (χ2v) is 9.31. The van der Waals surface area contributed by atoms with Crippen LogP contribution in [0.1, 0.15) is 31.9 Å². The van der Waals surface area contributed by atoms with Crippen molar-refractivity contribution >= 4 is 35.3 Å². The summed E-state index contributed by atoms with van der Waals surface area (Å²) in [6.45, 7) is 8.30. The molecule has 4 N–H and O–H groups in total. The van der Waals surface area contributed by atoms with Crippen LogP contribution in [0.2, 0.25) is 0 Å².